The molecule has 0 unspecified atom stereocenters. The molecule has 0 aliphatic heterocycles. The van der Waals surface area contributed by atoms with Crippen LogP contribution >= 0.6 is 0 Å². The van der Waals surface area contributed by atoms with E-state index in [0.717, 1.165) is 5.56 Å². The highest BCUT2D eigenvalue weighted by Gasteiger charge is 2.26. The molecule has 2 rings (SSSR count). The lowest BCUT2D eigenvalue weighted by atomic mass is 10.1. The molecule has 0 saturated heterocycles. The van der Waals surface area contributed by atoms with Crippen LogP contribution < -0.4 is 0 Å². The smallest absolute Gasteiger partial charge is 0.246 e. The summed E-state index contributed by atoms with van der Waals surface area (Å²) in [6.07, 6.45) is 0. The van der Waals surface area contributed by atoms with Crippen molar-refractivity contribution in [1.29, 1.82) is 0 Å². The zero-order valence-corrected chi connectivity index (χ0v) is 13.9. The van der Waals surface area contributed by atoms with Gasteiger partial charge >= 0.3 is 0 Å². The minimum Gasteiger partial charge on any atom is -0.264 e. The topological polar surface area (TPSA) is 55.2 Å². The van der Waals surface area contributed by atoms with Crippen LogP contribution in [0.3, 0.4) is 0 Å². The standard InChI is InChI=1S/C15H21N3O2S/c1-11-6-8-14(9-7-11)10-18-13(3)15(12(2)16-18)21(19,20)17(4)5/h6-9H,10H2,1-5H3. The van der Waals surface area contributed by atoms with Gasteiger partial charge in [0, 0.05) is 14.1 Å². The normalized spacial score (nSPS) is 12.1. The second-order valence-electron chi connectivity index (χ2n) is 5.43. The van der Waals surface area contributed by atoms with Gasteiger partial charge in [0.2, 0.25) is 10.0 Å². The molecule has 0 bridgehead atoms. The predicted octanol–water partition coefficient (Wildman–Crippen LogP) is 2.11. The number of aromatic nitrogens is 2. The monoisotopic (exact) mass is 307 g/mol. The number of sulfonamides is 1. The van der Waals surface area contributed by atoms with Crippen molar-refractivity contribution in [2.45, 2.75) is 32.2 Å². The van der Waals surface area contributed by atoms with Gasteiger partial charge in [-0.25, -0.2) is 12.7 Å². The van der Waals surface area contributed by atoms with Crippen LogP contribution in [0.4, 0.5) is 0 Å². The number of hydrogen-bond donors (Lipinski definition) is 0. The van der Waals surface area contributed by atoms with Crippen molar-refractivity contribution in [3.05, 3.63) is 46.8 Å². The highest BCUT2D eigenvalue weighted by molar-refractivity contribution is 7.89. The molecule has 5 nitrogen and oxygen atoms in total. The van der Waals surface area contributed by atoms with Crippen molar-refractivity contribution in [1.82, 2.24) is 14.1 Å². The third-order valence-corrected chi connectivity index (χ3v) is 5.57. The summed E-state index contributed by atoms with van der Waals surface area (Å²) in [6.45, 7) is 6.13. The third-order valence-electron chi connectivity index (χ3n) is 3.51. The molecule has 0 aliphatic rings. The zero-order valence-electron chi connectivity index (χ0n) is 13.1. The van der Waals surface area contributed by atoms with E-state index in [0.29, 0.717) is 22.8 Å². The number of rotatable bonds is 4. The highest BCUT2D eigenvalue weighted by atomic mass is 32.2. The second-order valence-corrected chi connectivity index (χ2v) is 7.52. The molecule has 1 aromatic heterocycles. The summed E-state index contributed by atoms with van der Waals surface area (Å²) in [5.41, 5.74) is 3.50. The number of aryl methyl sites for hydroxylation is 2. The Morgan fingerprint density at radius 3 is 2.19 bits per heavy atom. The molecule has 0 fully saturated rings. The van der Waals surface area contributed by atoms with Crippen LogP contribution in [-0.2, 0) is 16.6 Å². The molecule has 0 spiro atoms. The van der Waals surface area contributed by atoms with Crippen molar-refractivity contribution < 1.29 is 8.42 Å². The lowest BCUT2D eigenvalue weighted by Gasteiger charge is -2.11. The molecule has 6 heteroatoms. The van der Waals surface area contributed by atoms with Gasteiger partial charge in [0.15, 0.2) is 0 Å². The van der Waals surface area contributed by atoms with Crippen molar-refractivity contribution in [3.8, 4) is 0 Å². The summed E-state index contributed by atoms with van der Waals surface area (Å²) in [5, 5.41) is 4.39. The van der Waals surface area contributed by atoms with Crippen LogP contribution in [0.2, 0.25) is 0 Å². The minimum atomic E-state index is -3.47. The summed E-state index contributed by atoms with van der Waals surface area (Å²) in [7, 11) is -0.400. The maximum Gasteiger partial charge on any atom is 0.246 e. The highest BCUT2D eigenvalue weighted by Crippen LogP contribution is 2.22. The molecular weight excluding hydrogens is 286 g/mol. The van der Waals surface area contributed by atoms with E-state index in [1.54, 1.807) is 18.5 Å². The van der Waals surface area contributed by atoms with Gasteiger partial charge in [-0.1, -0.05) is 29.8 Å². The van der Waals surface area contributed by atoms with Gasteiger partial charge in [-0.15, -0.1) is 0 Å². The molecule has 0 radical (unpaired) electrons. The summed E-state index contributed by atoms with van der Waals surface area (Å²) in [4.78, 5) is 0.305. The largest absolute Gasteiger partial charge is 0.264 e. The maximum atomic E-state index is 12.4. The number of hydrogen-bond acceptors (Lipinski definition) is 3. The first-order valence-corrected chi connectivity index (χ1v) is 8.19. The van der Waals surface area contributed by atoms with E-state index in [1.165, 1.54) is 24.0 Å². The van der Waals surface area contributed by atoms with Gasteiger partial charge in [0.25, 0.3) is 0 Å². The Bertz CT molecular complexity index is 744. The van der Waals surface area contributed by atoms with Crippen LogP contribution in [0, 0.1) is 20.8 Å². The summed E-state index contributed by atoms with van der Waals surface area (Å²) < 4.78 is 27.7. The van der Waals surface area contributed by atoms with Crippen LogP contribution in [0.1, 0.15) is 22.5 Å². The molecular formula is C15H21N3O2S. The van der Waals surface area contributed by atoms with Gasteiger partial charge in [0.1, 0.15) is 4.90 Å². The van der Waals surface area contributed by atoms with E-state index in [9.17, 15) is 8.42 Å². The van der Waals surface area contributed by atoms with E-state index in [1.807, 2.05) is 31.2 Å². The molecule has 0 atom stereocenters. The van der Waals surface area contributed by atoms with Crippen LogP contribution in [0.25, 0.3) is 0 Å². The van der Waals surface area contributed by atoms with Gasteiger partial charge in [-0.3, -0.25) is 4.68 Å². The molecule has 21 heavy (non-hydrogen) atoms. The fourth-order valence-electron chi connectivity index (χ4n) is 2.26. The van der Waals surface area contributed by atoms with Crippen molar-refractivity contribution in [2.75, 3.05) is 14.1 Å². The van der Waals surface area contributed by atoms with Crippen LogP contribution in [0.15, 0.2) is 29.2 Å². The van der Waals surface area contributed by atoms with E-state index >= 15 is 0 Å². The number of benzene rings is 1. The first-order valence-electron chi connectivity index (χ1n) is 6.75. The fourth-order valence-corrected chi connectivity index (χ4v) is 3.51. The van der Waals surface area contributed by atoms with Gasteiger partial charge in [-0.2, -0.15) is 5.10 Å². The predicted molar refractivity (Wildman–Crippen MR) is 82.9 cm³/mol. The van der Waals surface area contributed by atoms with Crippen LogP contribution in [0.5, 0.6) is 0 Å². The first-order chi connectivity index (χ1) is 9.73. The molecule has 0 amide bonds. The first kappa shape index (κ1) is 15.7. The van der Waals surface area contributed by atoms with E-state index in [4.69, 9.17) is 0 Å². The maximum absolute atomic E-state index is 12.4. The van der Waals surface area contributed by atoms with Crippen molar-refractivity contribution in [2.24, 2.45) is 0 Å². The van der Waals surface area contributed by atoms with Crippen molar-refractivity contribution >= 4 is 10.0 Å². The Hall–Kier alpha value is -1.66. The Morgan fingerprint density at radius 1 is 1.10 bits per heavy atom. The SMILES string of the molecule is Cc1ccc(Cn2nc(C)c(S(=O)(=O)N(C)C)c2C)cc1. The Morgan fingerprint density at radius 2 is 1.67 bits per heavy atom. The molecule has 114 valence electrons. The zero-order chi connectivity index (χ0) is 15.8. The van der Waals surface area contributed by atoms with E-state index in [2.05, 4.69) is 5.10 Å². The Labute approximate surface area is 126 Å². The molecule has 1 aromatic carbocycles. The van der Waals surface area contributed by atoms with Crippen LogP contribution in [-0.4, -0.2) is 36.6 Å². The third kappa shape index (κ3) is 3.01. The molecule has 2 aromatic rings. The van der Waals surface area contributed by atoms with Gasteiger partial charge < -0.3 is 0 Å². The van der Waals surface area contributed by atoms with Gasteiger partial charge in [0.05, 0.1) is 17.9 Å². The second kappa shape index (κ2) is 5.61. The average Bonchev–Trinajstić information content (AvgIpc) is 2.67. The van der Waals surface area contributed by atoms with E-state index in [-0.39, 0.29) is 0 Å². The molecule has 0 aliphatic carbocycles. The fraction of sp³-hybridized carbons (Fsp3) is 0.400. The Balaban J connectivity index is 2.42. The summed E-state index contributed by atoms with van der Waals surface area (Å²) >= 11 is 0. The lowest BCUT2D eigenvalue weighted by Crippen LogP contribution is -2.23. The van der Waals surface area contributed by atoms with Crippen molar-refractivity contribution in [3.63, 3.8) is 0 Å². The summed E-state index contributed by atoms with van der Waals surface area (Å²) in [5.74, 6) is 0. The Kier molecular flexibility index (Phi) is 4.20. The molecule has 0 N–H and O–H groups in total. The summed E-state index contributed by atoms with van der Waals surface area (Å²) in [6, 6.07) is 8.15. The van der Waals surface area contributed by atoms with Gasteiger partial charge in [-0.05, 0) is 26.3 Å². The average molecular weight is 307 g/mol. The molecule has 0 saturated carbocycles. The lowest BCUT2D eigenvalue weighted by molar-refractivity contribution is 0.519. The van der Waals surface area contributed by atoms with E-state index < -0.39 is 10.0 Å². The molecule has 1 heterocycles. The number of nitrogens with zero attached hydrogens (tertiary/aromatic N) is 3. The quantitative estimate of drug-likeness (QED) is 0.869. The minimum absolute atomic E-state index is 0.305.